The van der Waals surface area contributed by atoms with Crippen LogP contribution in [0.4, 0.5) is 0 Å². The van der Waals surface area contributed by atoms with Crippen molar-refractivity contribution in [2.45, 2.75) is 24.2 Å². The summed E-state index contributed by atoms with van der Waals surface area (Å²) in [5.41, 5.74) is 1.01. The molecule has 6 heteroatoms. The molecule has 0 spiro atoms. The molecule has 0 aromatic heterocycles. The Labute approximate surface area is 169 Å². The average molecular weight is 397 g/mol. The van der Waals surface area contributed by atoms with E-state index in [2.05, 4.69) is 0 Å². The molecule has 1 heterocycles. The van der Waals surface area contributed by atoms with E-state index < -0.39 is 5.92 Å². The third-order valence-electron chi connectivity index (χ3n) is 4.54. The molecule has 3 rings (SSSR count). The van der Waals surface area contributed by atoms with E-state index in [1.807, 2.05) is 60.7 Å². The largest absolute Gasteiger partial charge is 0.497 e. The maximum atomic E-state index is 13.2. The molecule has 28 heavy (non-hydrogen) atoms. The summed E-state index contributed by atoms with van der Waals surface area (Å²) in [6.07, 6.45) is 3.82. The predicted octanol–water partition coefficient (Wildman–Crippen LogP) is 4.41. The number of benzene rings is 2. The molecule has 0 N–H and O–H groups in total. The summed E-state index contributed by atoms with van der Waals surface area (Å²) in [6.45, 7) is 2.07. The van der Waals surface area contributed by atoms with Crippen molar-refractivity contribution in [1.82, 2.24) is 4.31 Å². The zero-order valence-corrected chi connectivity index (χ0v) is 16.7. The third kappa shape index (κ3) is 4.75. The molecular weight excluding hydrogens is 374 g/mol. The van der Waals surface area contributed by atoms with E-state index in [9.17, 15) is 9.59 Å². The molecule has 2 atom stereocenters. The zero-order valence-electron chi connectivity index (χ0n) is 15.9. The second-order valence-electron chi connectivity index (χ2n) is 6.32. The lowest BCUT2D eigenvalue weighted by Crippen LogP contribution is -2.36. The van der Waals surface area contributed by atoms with Crippen molar-refractivity contribution in [3.63, 3.8) is 0 Å². The van der Waals surface area contributed by atoms with Crippen LogP contribution in [0.2, 0.25) is 0 Å². The van der Waals surface area contributed by atoms with Crippen molar-refractivity contribution < 1.29 is 19.1 Å². The van der Waals surface area contributed by atoms with E-state index in [-0.39, 0.29) is 24.2 Å². The molecule has 1 aliphatic rings. The summed E-state index contributed by atoms with van der Waals surface area (Å²) >= 11 is 1.32. The van der Waals surface area contributed by atoms with Crippen molar-refractivity contribution in [3.8, 4) is 5.75 Å². The second-order valence-corrected chi connectivity index (χ2v) is 7.37. The number of esters is 1. The smallest absolute Gasteiger partial charge is 0.306 e. The normalized spacial score (nSPS) is 18.8. The van der Waals surface area contributed by atoms with Crippen molar-refractivity contribution in [3.05, 3.63) is 72.4 Å². The summed E-state index contributed by atoms with van der Waals surface area (Å²) in [7, 11) is 1.61. The Hall–Kier alpha value is -2.73. The topological polar surface area (TPSA) is 55.8 Å². The van der Waals surface area contributed by atoms with Gasteiger partial charge >= 0.3 is 5.97 Å². The number of rotatable bonds is 7. The summed E-state index contributed by atoms with van der Waals surface area (Å²) in [4.78, 5) is 26.2. The van der Waals surface area contributed by atoms with E-state index in [0.717, 1.165) is 16.2 Å². The lowest BCUT2D eigenvalue weighted by molar-refractivity contribution is -0.147. The molecule has 0 aliphatic carbocycles. The van der Waals surface area contributed by atoms with Crippen LogP contribution < -0.4 is 4.74 Å². The van der Waals surface area contributed by atoms with E-state index in [1.165, 1.54) is 11.9 Å². The van der Waals surface area contributed by atoms with Crippen LogP contribution >= 0.6 is 11.9 Å². The lowest BCUT2D eigenvalue weighted by Gasteiger charge is -2.32. The van der Waals surface area contributed by atoms with E-state index in [1.54, 1.807) is 24.5 Å². The Bertz CT molecular complexity index is 835. The fraction of sp³-hybridized carbons (Fsp3) is 0.273. The Morgan fingerprint density at radius 2 is 1.82 bits per heavy atom. The van der Waals surface area contributed by atoms with Gasteiger partial charge in [-0.05, 0) is 48.7 Å². The van der Waals surface area contributed by atoms with Gasteiger partial charge in [-0.3, -0.25) is 13.9 Å². The van der Waals surface area contributed by atoms with Gasteiger partial charge in [0.25, 0.3) is 0 Å². The first-order valence-electron chi connectivity index (χ1n) is 9.16. The van der Waals surface area contributed by atoms with Gasteiger partial charge < -0.3 is 9.47 Å². The van der Waals surface area contributed by atoms with Gasteiger partial charge in [-0.15, -0.1) is 0 Å². The molecule has 1 amide bonds. The van der Waals surface area contributed by atoms with Crippen LogP contribution in [0.3, 0.4) is 0 Å². The minimum atomic E-state index is -0.503. The van der Waals surface area contributed by atoms with E-state index in [4.69, 9.17) is 9.47 Å². The predicted molar refractivity (Wildman–Crippen MR) is 109 cm³/mol. The van der Waals surface area contributed by atoms with Gasteiger partial charge in [-0.1, -0.05) is 36.4 Å². The minimum Gasteiger partial charge on any atom is -0.497 e. The van der Waals surface area contributed by atoms with Gasteiger partial charge in [0, 0.05) is 17.0 Å². The highest BCUT2D eigenvalue weighted by Gasteiger charge is 2.36. The van der Waals surface area contributed by atoms with Gasteiger partial charge in [0.1, 0.15) is 5.75 Å². The van der Waals surface area contributed by atoms with Crippen molar-refractivity contribution in [2.24, 2.45) is 5.92 Å². The van der Waals surface area contributed by atoms with Gasteiger partial charge in [-0.25, -0.2) is 0 Å². The van der Waals surface area contributed by atoms with Crippen LogP contribution in [0.25, 0.3) is 0 Å². The van der Waals surface area contributed by atoms with Gasteiger partial charge in [0.05, 0.1) is 26.1 Å². The first-order valence-corrected chi connectivity index (χ1v) is 9.93. The molecule has 0 fully saturated rings. The number of nitrogens with zero attached hydrogens (tertiary/aromatic N) is 1. The van der Waals surface area contributed by atoms with Gasteiger partial charge in [0.2, 0.25) is 5.91 Å². The number of allylic oxidation sites excluding steroid dienone is 1. The van der Waals surface area contributed by atoms with Crippen molar-refractivity contribution in [1.29, 1.82) is 0 Å². The molecule has 5 nitrogen and oxygen atoms in total. The fourth-order valence-corrected chi connectivity index (χ4v) is 3.99. The quantitative estimate of drug-likeness (QED) is 0.512. The number of hydrogen-bond acceptors (Lipinski definition) is 5. The molecule has 0 saturated carbocycles. The molecule has 2 unspecified atom stereocenters. The molecule has 0 saturated heterocycles. The van der Waals surface area contributed by atoms with Crippen LogP contribution in [0.1, 0.15) is 24.8 Å². The van der Waals surface area contributed by atoms with Crippen LogP contribution in [0.5, 0.6) is 5.75 Å². The van der Waals surface area contributed by atoms with E-state index >= 15 is 0 Å². The summed E-state index contributed by atoms with van der Waals surface area (Å²) in [5.74, 6) is -0.367. The maximum absolute atomic E-state index is 13.2. The summed E-state index contributed by atoms with van der Waals surface area (Å²) in [6, 6.07) is 17.3. The van der Waals surface area contributed by atoms with Crippen LogP contribution in [0.15, 0.2) is 71.8 Å². The highest BCUT2D eigenvalue weighted by Crippen LogP contribution is 2.38. The zero-order chi connectivity index (χ0) is 19.9. The third-order valence-corrected chi connectivity index (χ3v) is 5.52. The van der Waals surface area contributed by atoms with Crippen molar-refractivity contribution in [2.75, 3.05) is 13.7 Å². The molecular formula is C22H23NO4S. The second kappa shape index (κ2) is 9.46. The summed E-state index contributed by atoms with van der Waals surface area (Å²) < 4.78 is 11.9. The fourth-order valence-electron chi connectivity index (χ4n) is 3.15. The van der Waals surface area contributed by atoms with Crippen molar-refractivity contribution >= 4 is 23.8 Å². The van der Waals surface area contributed by atoms with E-state index in [0.29, 0.717) is 6.61 Å². The minimum absolute atomic E-state index is 0.0518. The number of amides is 1. The highest BCUT2D eigenvalue weighted by atomic mass is 32.2. The Balaban J connectivity index is 1.83. The number of methoxy groups -OCH3 is 1. The summed E-state index contributed by atoms with van der Waals surface area (Å²) in [5, 5.41) is 0. The molecule has 1 aliphatic heterocycles. The maximum Gasteiger partial charge on any atom is 0.306 e. The first kappa shape index (κ1) is 20.0. The molecule has 2 aromatic carbocycles. The van der Waals surface area contributed by atoms with Crippen LogP contribution in [-0.2, 0) is 14.3 Å². The van der Waals surface area contributed by atoms with Crippen LogP contribution in [-0.4, -0.2) is 29.9 Å². The molecule has 0 bridgehead atoms. The molecule has 0 radical (unpaired) electrons. The Morgan fingerprint density at radius 3 is 2.46 bits per heavy atom. The standard InChI is InChI=1S/C22H23NO4S/c1-3-27-21(24)15-20-19(16-7-5-4-6-8-16)13-14-23(22(20)25)28-18-11-9-17(26-2)10-12-18/h4-14,19-20H,3,15H2,1-2H3. The number of hydrogen-bond donors (Lipinski definition) is 0. The molecule has 2 aromatic rings. The first-order chi connectivity index (χ1) is 13.6. The average Bonchev–Trinajstić information content (AvgIpc) is 2.72. The Morgan fingerprint density at radius 1 is 1.11 bits per heavy atom. The highest BCUT2D eigenvalue weighted by molar-refractivity contribution is 7.97. The van der Waals surface area contributed by atoms with Gasteiger partial charge in [0.15, 0.2) is 0 Å². The molecule has 146 valence electrons. The van der Waals surface area contributed by atoms with Gasteiger partial charge in [-0.2, -0.15) is 0 Å². The SMILES string of the molecule is CCOC(=O)CC1C(=O)N(Sc2ccc(OC)cc2)C=CC1c1ccccc1. The van der Waals surface area contributed by atoms with Crippen LogP contribution in [0, 0.1) is 5.92 Å². The Kier molecular flexibility index (Phi) is 6.76. The monoisotopic (exact) mass is 397 g/mol. The number of carbonyl (C=O) groups is 2. The number of ether oxygens (including phenoxy) is 2. The number of carbonyl (C=O) groups excluding carboxylic acids is 2. The lowest BCUT2D eigenvalue weighted by atomic mass is 9.82.